The lowest BCUT2D eigenvalue weighted by atomic mass is 10.2. The van der Waals surface area contributed by atoms with Crippen LogP contribution < -0.4 is 4.74 Å². The Hall–Kier alpha value is -1.56. The first-order chi connectivity index (χ1) is 10.1. The second-order valence-electron chi connectivity index (χ2n) is 4.99. The van der Waals surface area contributed by atoms with Gasteiger partial charge in [-0.1, -0.05) is 13.0 Å². The van der Waals surface area contributed by atoms with Crippen LogP contribution in [0.5, 0.6) is 5.75 Å². The predicted octanol–water partition coefficient (Wildman–Crippen LogP) is 2.04. The highest BCUT2D eigenvalue weighted by atomic mass is 79.9. The van der Waals surface area contributed by atoms with Crippen LogP contribution in [0.2, 0.25) is 0 Å². The van der Waals surface area contributed by atoms with Crippen LogP contribution in [0.15, 0.2) is 22.7 Å². The Balaban J connectivity index is 2.05. The van der Waals surface area contributed by atoms with Crippen molar-refractivity contribution in [2.24, 2.45) is 0 Å². The number of benzene rings is 1. The lowest BCUT2D eigenvalue weighted by Gasteiger charge is -2.33. The van der Waals surface area contributed by atoms with Crippen LogP contribution >= 0.6 is 15.9 Å². The Bertz CT molecular complexity index is 548. The summed E-state index contributed by atoms with van der Waals surface area (Å²) >= 11 is 3.43. The fourth-order valence-electron chi connectivity index (χ4n) is 2.38. The van der Waals surface area contributed by atoms with E-state index < -0.39 is 11.8 Å². The quantitative estimate of drug-likeness (QED) is 0.760. The molecule has 0 bridgehead atoms. The summed E-state index contributed by atoms with van der Waals surface area (Å²) in [7, 11) is 1.61. The molecule has 5 nitrogen and oxygen atoms in total. The molecule has 114 valence electrons. The maximum absolute atomic E-state index is 12.1. The average Bonchev–Trinajstić information content (AvgIpc) is 2.47. The second-order valence-corrected chi connectivity index (χ2v) is 5.84. The number of rotatable bonds is 5. The summed E-state index contributed by atoms with van der Waals surface area (Å²) in [5, 5.41) is 0. The molecule has 21 heavy (non-hydrogen) atoms. The number of nitrogens with zero attached hydrogens (tertiary/aromatic N) is 2. The molecule has 1 heterocycles. The van der Waals surface area contributed by atoms with Gasteiger partial charge in [0.2, 0.25) is 0 Å². The molecule has 2 amide bonds. The molecular formula is C15H19BrN2O3. The molecule has 0 unspecified atom stereocenters. The maximum atomic E-state index is 12.1. The predicted molar refractivity (Wildman–Crippen MR) is 83.0 cm³/mol. The van der Waals surface area contributed by atoms with Crippen molar-refractivity contribution in [3.05, 3.63) is 28.2 Å². The summed E-state index contributed by atoms with van der Waals surface area (Å²) in [6.45, 7) is 4.27. The normalized spacial score (nSPS) is 15.6. The zero-order valence-corrected chi connectivity index (χ0v) is 13.9. The van der Waals surface area contributed by atoms with Crippen LogP contribution in [0.25, 0.3) is 0 Å². The molecule has 1 aromatic carbocycles. The average molecular weight is 355 g/mol. The van der Waals surface area contributed by atoms with Gasteiger partial charge in [0.1, 0.15) is 5.75 Å². The van der Waals surface area contributed by atoms with Crippen molar-refractivity contribution >= 4 is 27.7 Å². The number of piperazine rings is 1. The van der Waals surface area contributed by atoms with Crippen molar-refractivity contribution in [3.8, 4) is 5.75 Å². The first-order valence-corrected chi connectivity index (χ1v) is 7.76. The third-order valence-electron chi connectivity index (χ3n) is 3.48. The van der Waals surface area contributed by atoms with E-state index >= 15 is 0 Å². The number of carbonyl (C=O) groups excluding carboxylic acids is 2. The zero-order chi connectivity index (χ0) is 15.4. The van der Waals surface area contributed by atoms with Crippen LogP contribution in [0.3, 0.4) is 0 Å². The number of ether oxygens (including phenoxy) is 1. The SMILES string of the molecule is CCCN1CCN(Cc2ccc(OC)c(Br)c2)C(=O)C1=O. The second kappa shape index (κ2) is 6.93. The molecule has 0 N–H and O–H groups in total. The van der Waals surface area contributed by atoms with Gasteiger partial charge in [-0.15, -0.1) is 0 Å². The van der Waals surface area contributed by atoms with Crippen LogP contribution in [-0.2, 0) is 16.1 Å². The lowest BCUT2D eigenvalue weighted by molar-refractivity contribution is -0.156. The van der Waals surface area contributed by atoms with Gasteiger partial charge in [-0.05, 0) is 40.0 Å². The van der Waals surface area contributed by atoms with Gasteiger partial charge in [-0.3, -0.25) is 9.59 Å². The van der Waals surface area contributed by atoms with Crippen LogP contribution in [0.1, 0.15) is 18.9 Å². The van der Waals surface area contributed by atoms with Gasteiger partial charge in [0.25, 0.3) is 0 Å². The van der Waals surface area contributed by atoms with E-state index in [-0.39, 0.29) is 0 Å². The summed E-state index contributed by atoms with van der Waals surface area (Å²) in [6.07, 6.45) is 0.866. The Morgan fingerprint density at radius 1 is 1.19 bits per heavy atom. The largest absolute Gasteiger partial charge is 0.496 e. The molecule has 0 spiro atoms. The number of carbonyl (C=O) groups is 2. The van der Waals surface area contributed by atoms with E-state index in [0.717, 1.165) is 22.2 Å². The molecule has 1 aromatic rings. The molecule has 2 rings (SSSR count). The van der Waals surface area contributed by atoms with Crippen molar-refractivity contribution < 1.29 is 14.3 Å². The van der Waals surface area contributed by atoms with Gasteiger partial charge in [-0.2, -0.15) is 0 Å². The van der Waals surface area contributed by atoms with E-state index in [0.29, 0.717) is 26.2 Å². The van der Waals surface area contributed by atoms with E-state index in [1.807, 2.05) is 25.1 Å². The fraction of sp³-hybridized carbons (Fsp3) is 0.467. The summed E-state index contributed by atoms with van der Waals surface area (Å²) in [5.41, 5.74) is 0.966. The number of halogens is 1. The van der Waals surface area contributed by atoms with E-state index in [1.54, 1.807) is 16.9 Å². The Morgan fingerprint density at radius 2 is 1.86 bits per heavy atom. The number of hydrogen-bond acceptors (Lipinski definition) is 3. The van der Waals surface area contributed by atoms with E-state index in [1.165, 1.54) is 0 Å². The summed E-state index contributed by atoms with van der Waals surface area (Å²) in [6, 6.07) is 5.66. The molecule has 6 heteroatoms. The molecule has 0 aromatic heterocycles. The third kappa shape index (κ3) is 3.56. The van der Waals surface area contributed by atoms with Gasteiger partial charge in [0, 0.05) is 26.2 Å². The van der Waals surface area contributed by atoms with Gasteiger partial charge < -0.3 is 14.5 Å². The van der Waals surface area contributed by atoms with Crippen molar-refractivity contribution in [2.45, 2.75) is 19.9 Å². The molecule has 0 radical (unpaired) electrons. The zero-order valence-electron chi connectivity index (χ0n) is 12.3. The van der Waals surface area contributed by atoms with Gasteiger partial charge in [0.05, 0.1) is 11.6 Å². The number of methoxy groups -OCH3 is 1. The minimum Gasteiger partial charge on any atom is -0.496 e. The van der Waals surface area contributed by atoms with Gasteiger partial charge >= 0.3 is 11.8 Å². The standard InChI is InChI=1S/C15H19BrN2O3/c1-3-6-17-7-8-18(15(20)14(17)19)10-11-4-5-13(21-2)12(16)9-11/h4-5,9H,3,6-8,10H2,1-2H3. The minimum atomic E-state index is -0.415. The van der Waals surface area contributed by atoms with Crippen molar-refractivity contribution in [2.75, 3.05) is 26.7 Å². The molecule has 0 aliphatic carbocycles. The molecule has 1 aliphatic rings. The minimum absolute atomic E-state index is 0.393. The van der Waals surface area contributed by atoms with Crippen molar-refractivity contribution in [1.82, 2.24) is 9.80 Å². The highest BCUT2D eigenvalue weighted by molar-refractivity contribution is 9.10. The smallest absolute Gasteiger partial charge is 0.312 e. The first kappa shape index (κ1) is 15.8. The molecular weight excluding hydrogens is 336 g/mol. The number of hydrogen-bond donors (Lipinski definition) is 0. The molecule has 0 atom stereocenters. The lowest BCUT2D eigenvalue weighted by Crippen LogP contribution is -2.53. The van der Waals surface area contributed by atoms with E-state index in [9.17, 15) is 9.59 Å². The van der Waals surface area contributed by atoms with E-state index in [2.05, 4.69) is 15.9 Å². The van der Waals surface area contributed by atoms with Crippen molar-refractivity contribution in [1.29, 1.82) is 0 Å². The number of amides is 2. The fourth-order valence-corrected chi connectivity index (χ4v) is 2.97. The molecule has 1 fully saturated rings. The first-order valence-electron chi connectivity index (χ1n) is 6.97. The van der Waals surface area contributed by atoms with Gasteiger partial charge in [0.15, 0.2) is 0 Å². The Morgan fingerprint density at radius 3 is 2.48 bits per heavy atom. The Labute approximate surface area is 133 Å². The highest BCUT2D eigenvalue weighted by Crippen LogP contribution is 2.26. The van der Waals surface area contributed by atoms with Crippen molar-refractivity contribution in [3.63, 3.8) is 0 Å². The van der Waals surface area contributed by atoms with Crippen LogP contribution in [-0.4, -0.2) is 48.4 Å². The van der Waals surface area contributed by atoms with Crippen LogP contribution in [0, 0.1) is 0 Å². The molecule has 1 saturated heterocycles. The Kier molecular flexibility index (Phi) is 5.22. The summed E-state index contributed by atoms with van der Waals surface area (Å²) < 4.78 is 6.02. The third-order valence-corrected chi connectivity index (χ3v) is 4.10. The molecule has 1 aliphatic heterocycles. The van der Waals surface area contributed by atoms with E-state index in [4.69, 9.17) is 4.74 Å². The molecule has 0 saturated carbocycles. The summed E-state index contributed by atoms with van der Waals surface area (Å²) in [4.78, 5) is 27.3. The summed E-state index contributed by atoms with van der Waals surface area (Å²) in [5.74, 6) is -0.0637. The van der Waals surface area contributed by atoms with Crippen LogP contribution in [0.4, 0.5) is 0 Å². The van der Waals surface area contributed by atoms with Gasteiger partial charge in [-0.25, -0.2) is 0 Å². The monoisotopic (exact) mass is 354 g/mol. The topological polar surface area (TPSA) is 49.9 Å². The highest BCUT2D eigenvalue weighted by Gasteiger charge is 2.31. The maximum Gasteiger partial charge on any atom is 0.312 e.